The van der Waals surface area contributed by atoms with Crippen molar-refractivity contribution in [2.75, 3.05) is 20.1 Å². The predicted octanol–water partition coefficient (Wildman–Crippen LogP) is 3.55. The lowest BCUT2D eigenvalue weighted by atomic mass is 10.0. The van der Waals surface area contributed by atoms with Gasteiger partial charge in [0.15, 0.2) is 0 Å². The minimum absolute atomic E-state index is 0.0935. The van der Waals surface area contributed by atoms with Crippen LogP contribution in [-0.4, -0.2) is 61.8 Å². The number of hydrogen-bond donors (Lipinski definition) is 1. The zero-order valence-electron chi connectivity index (χ0n) is 20.4. The fourth-order valence-electron chi connectivity index (χ4n) is 4.80. The molecule has 0 aromatic heterocycles. The molecule has 0 spiro atoms. The van der Waals surface area contributed by atoms with Crippen LogP contribution in [-0.2, 0) is 27.4 Å². The highest BCUT2D eigenvalue weighted by atomic mass is 32.2. The lowest BCUT2D eigenvalue weighted by Crippen LogP contribution is -2.53. The Balaban J connectivity index is 1.44. The number of nitriles is 1. The summed E-state index contributed by atoms with van der Waals surface area (Å²) in [5.41, 5.74) is 0.456. The van der Waals surface area contributed by atoms with Crippen LogP contribution >= 0.6 is 0 Å². The molecule has 37 heavy (non-hydrogen) atoms. The lowest BCUT2D eigenvalue weighted by Gasteiger charge is -2.39. The number of nitrogens with zero attached hydrogens (tertiary/aromatic N) is 3. The molecule has 1 atom stereocenters. The third-order valence-electron chi connectivity index (χ3n) is 6.95. The van der Waals surface area contributed by atoms with Crippen molar-refractivity contribution in [3.63, 3.8) is 0 Å². The van der Waals surface area contributed by atoms with Crippen molar-refractivity contribution in [1.82, 2.24) is 14.5 Å². The van der Waals surface area contributed by atoms with Gasteiger partial charge in [-0.1, -0.05) is 18.2 Å². The number of sulfonamides is 1. The van der Waals surface area contributed by atoms with Gasteiger partial charge in [-0.3, -0.25) is 4.79 Å². The first-order valence-corrected chi connectivity index (χ1v) is 13.6. The van der Waals surface area contributed by atoms with E-state index in [-0.39, 0.29) is 22.9 Å². The van der Waals surface area contributed by atoms with E-state index in [1.54, 1.807) is 24.1 Å². The van der Waals surface area contributed by atoms with Gasteiger partial charge in [0.25, 0.3) is 0 Å². The molecular formula is C26H29F3N4O3S. The number of carbonyl (C=O) groups is 1. The molecule has 0 radical (unpaired) electrons. The van der Waals surface area contributed by atoms with Crippen LogP contribution in [0.3, 0.4) is 0 Å². The zero-order valence-corrected chi connectivity index (χ0v) is 21.2. The summed E-state index contributed by atoms with van der Waals surface area (Å²) in [6, 6.07) is 11.9. The molecule has 1 unspecified atom stereocenters. The first-order valence-electron chi connectivity index (χ1n) is 12.2. The molecule has 1 N–H and O–H groups in total. The van der Waals surface area contributed by atoms with Gasteiger partial charge in [-0.25, -0.2) is 8.42 Å². The summed E-state index contributed by atoms with van der Waals surface area (Å²) in [6.45, 7) is 0.715. The van der Waals surface area contributed by atoms with Crippen molar-refractivity contribution in [2.45, 2.75) is 61.3 Å². The van der Waals surface area contributed by atoms with Crippen molar-refractivity contribution in [3.05, 3.63) is 65.2 Å². The Kier molecular flexibility index (Phi) is 7.92. The number of hydrogen-bond acceptors (Lipinski definition) is 5. The summed E-state index contributed by atoms with van der Waals surface area (Å²) in [5.74, 6) is -0.0935. The second-order valence-corrected chi connectivity index (χ2v) is 11.3. The van der Waals surface area contributed by atoms with Crippen LogP contribution in [0.2, 0.25) is 0 Å². The van der Waals surface area contributed by atoms with E-state index in [2.05, 4.69) is 11.4 Å². The maximum absolute atomic E-state index is 13.5. The summed E-state index contributed by atoms with van der Waals surface area (Å²) in [5, 5.41) is 12.0. The molecule has 198 valence electrons. The van der Waals surface area contributed by atoms with Gasteiger partial charge in [0.2, 0.25) is 15.9 Å². The molecule has 1 saturated heterocycles. The summed E-state index contributed by atoms with van der Waals surface area (Å²) >= 11 is 0. The van der Waals surface area contributed by atoms with Crippen LogP contribution in [0.5, 0.6) is 0 Å². The monoisotopic (exact) mass is 534 g/mol. The number of carbonyl (C=O) groups excluding carboxylic acids is 1. The van der Waals surface area contributed by atoms with Gasteiger partial charge in [-0.05, 0) is 75.0 Å². The molecule has 1 amide bonds. The number of alkyl halides is 3. The van der Waals surface area contributed by atoms with Crippen LogP contribution < -0.4 is 5.32 Å². The van der Waals surface area contributed by atoms with Gasteiger partial charge in [0.05, 0.1) is 28.1 Å². The summed E-state index contributed by atoms with van der Waals surface area (Å²) in [7, 11) is -2.43. The van der Waals surface area contributed by atoms with E-state index >= 15 is 0 Å². The van der Waals surface area contributed by atoms with E-state index in [1.165, 1.54) is 10.4 Å². The second-order valence-electron chi connectivity index (χ2n) is 9.50. The molecule has 0 bridgehead atoms. The number of likely N-dealkylation sites (N-methyl/N-ethyl adjacent to an activating group) is 1. The van der Waals surface area contributed by atoms with Crippen LogP contribution in [0, 0.1) is 11.3 Å². The van der Waals surface area contributed by atoms with Crippen molar-refractivity contribution in [1.29, 1.82) is 5.26 Å². The number of likely N-dealkylation sites (tertiary alicyclic amines) is 1. The number of piperidine rings is 1. The Morgan fingerprint density at radius 3 is 2.27 bits per heavy atom. The summed E-state index contributed by atoms with van der Waals surface area (Å²) < 4.78 is 67.9. The first kappa shape index (κ1) is 27.1. The van der Waals surface area contributed by atoms with E-state index in [1.807, 2.05) is 12.1 Å². The Hall–Kier alpha value is -2.94. The van der Waals surface area contributed by atoms with Gasteiger partial charge in [0.1, 0.15) is 0 Å². The van der Waals surface area contributed by atoms with E-state index in [0.29, 0.717) is 56.8 Å². The highest BCUT2D eigenvalue weighted by molar-refractivity contribution is 7.89. The average molecular weight is 535 g/mol. The number of amides is 1. The molecule has 4 rings (SSSR count). The Bertz CT molecular complexity index is 1260. The molecule has 11 heteroatoms. The molecule has 2 aromatic rings. The molecule has 1 heterocycles. The second kappa shape index (κ2) is 10.8. The molecular weight excluding hydrogens is 505 g/mol. The number of benzene rings is 2. The fourth-order valence-corrected chi connectivity index (χ4v) is 6.78. The van der Waals surface area contributed by atoms with Crippen molar-refractivity contribution in [2.24, 2.45) is 0 Å². The van der Waals surface area contributed by atoms with Crippen LogP contribution in [0.15, 0.2) is 53.4 Å². The largest absolute Gasteiger partial charge is 0.416 e. The molecule has 2 fully saturated rings. The molecule has 1 aliphatic carbocycles. The van der Waals surface area contributed by atoms with Gasteiger partial charge in [-0.15, -0.1) is 0 Å². The van der Waals surface area contributed by atoms with Gasteiger partial charge < -0.3 is 10.2 Å². The third kappa shape index (κ3) is 6.14. The fraction of sp³-hybridized carbons (Fsp3) is 0.462. The first-order chi connectivity index (χ1) is 17.5. The van der Waals surface area contributed by atoms with Crippen LogP contribution in [0.25, 0.3) is 0 Å². The summed E-state index contributed by atoms with van der Waals surface area (Å²) in [4.78, 5) is 14.6. The lowest BCUT2D eigenvalue weighted by molar-refractivity contribution is -0.137. The normalized spacial score (nSPS) is 18.0. The average Bonchev–Trinajstić information content (AvgIpc) is 3.72. The maximum atomic E-state index is 13.5. The minimum Gasteiger partial charge on any atom is -0.341 e. The summed E-state index contributed by atoms with van der Waals surface area (Å²) in [6.07, 6.45) is -2.03. The van der Waals surface area contributed by atoms with Crippen molar-refractivity contribution >= 4 is 15.9 Å². The quantitative estimate of drug-likeness (QED) is 0.559. The standard InChI is InChI=1S/C26H29F3N4O3S/c1-31-24(15-18-5-7-19(17-30)8-6-18)25(34)32-13-11-22(12-14-32)33(21-9-10-21)37(35,36)23-4-2-3-20(16-23)26(27,28)29/h2-8,16,21-22,24,31H,9-15H2,1H3. The Morgan fingerprint density at radius 1 is 1.11 bits per heavy atom. The van der Waals surface area contributed by atoms with Crippen molar-refractivity contribution in [3.8, 4) is 6.07 Å². The Morgan fingerprint density at radius 2 is 1.73 bits per heavy atom. The zero-order chi connectivity index (χ0) is 26.8. The predicted molar refractivity (Wildman–Crippen MR) is 131 cm³/mol. The molecule has 7 nitrogen and oxygen atoms in total. The maximum Gasteiger partial charge on any atom is 0.416 e. The third-order valence-corrected chi connectivity index (χ3v) is 8.95. The SMILES string of the molecule is CNC(Cc1ccc(C#N)cc1)C(=O)N1CCC(N(C2CC2)S(=O)(=O)c2cccc(C(F)(F)F)c2)CC1. The van der Waals surface area contributed by atoms with E-state index in [0.717, 1.165) is 17.7 Å². The highest BCUT2D eigenvalue weighted by Crippen LogP contribution is 2.38. The molecule has 2 aromatic carbocycles. The van der Waals surface area contributed by atoms with E-state index in [9.17, 15) is 26.4 Å². The topological polar surface area (TPSA) is 93.5 Å². The molecule has 1 aliphatic heterocycles. The number of nitrogens with one attached hydrogen (secondary N) is 1. The number of rotatable bonds is 8. The van der Waals surface area contributed by atoms with E-state index < -0.39 is 27.8 Å². The Labute approximate surface area is 214 Å². The van der Waals surface area contributed by atoms with Gasteiger partial charge in [0, 0.05) is 25.2 Å². The van der Waals surface area contributed by atoms with Crippen molar-refractivity contribution < 1.29 is 26.4 Å². The smallest absolute Gasteiger partial charge is 0.341 e. The van der Waals surface area contributed by atoms with Crippen LogP contribution in [0.1, 0.15) is 42.4 Å². The van der Waals surface area contributed by atoms with Crippen LogP contribution in [0.4, 0.5) is 13.2 Å². The van der Waals surface area contributed by atoms with Gasteiger partial charge in [-0.2, -0.15) is 22.7 Å². The van der Waals surface area contributed by atoms with Gasteiger partial charge >= 0.3 is 6.18 Å². The number of halogens is 3. The minimum atomic E-state index is -4.64. The van der Waals surface area contributed by atoms with E-state index in [4.69, 9.17) is 5.26 Å². The molecule has 1 saturated carbocycles. The highest BCUT2D eigenvalue weighted by Gasteiger charge is 2.44. The molecule has 2 aliphatic rings.